The fraction of sp³-hybridized carbons (Fsp3) is 0.231. The highest BCUT2D eigenvalue weighted by molar-refractivity contribution is 9.10. The minimum absolute atomic E-state index is 0.151. The van der Waals surface area contributed by atoms with Crippen LogP contribution in [0.15, 0.2) is 35.2 Å². The molecule has 0 spiro atoms. The summed E-state index contributed by atoms with van der Waals surface area (Å²) in [5.74, 6) is -0.787. The molecule has 2 rings (SSSR count). The van der Waals surface area contributed by atoms with Gasteiger partial charge in [-0.15, -0.1) is 0 Å². The van der Waals surface area contributed by atoms with Gasteiger partial charge in [-0.2, -0.15) is 0 Å². The van der Waals surface area contributed by atoms with Crippen molar-refractivity contribution in [1.82, 2.24) is 9.55 Å². The Balaban J connectivity index is 2.25. The van der Waals surface area contributed by atoms with E-state index in [1.165, 1.54) is 12.3 Å². The van der Waals surface area contributed by atoms with E-state index in [1.54, 1.807) is 6.07 Å². The van der Waals surface area contributed by atoms with E-state index < -0.39 is 5.82 Å². The number of hydrogen-bond donors (Lipinski definition) is 1. The molecule has 0 aliphatic carbocycles. The number of carbonyl (C=O) groups excluding carboxylic acids is 1. The summed E-state index contributed by atoms with van der Waals surface area (Å²) in [5.41, 5.74) is 0.837. The molecule has 100 valence electrons. The van der Waals surface area contributed by atoms with Crippen molar-refractivity contribution >= 4 is 27.5 Å². The molecule has 0 unspecified atom stereocenters. The van der Waals surface area contributed by atoms with Crippen molar-refractivity contribution < 1.29 is 9.18 Å². The van der Waals surface area contributed by atoms with E-state index in [-0.39, 0.29) is 11.9 Å². The summed E-state index contributed by atoms with van der Waals surface area (Å²) < 4.78 is 15.7. The molecule has 0 fully saturated rings. The number of nitrogens with zero attached hydrogens (tertiary/aromatic N) is 2. The van der Waals surface area contributed by atoms with Gasteiger partial charge in [0.05, 0.1) is 18.1 Å². The van der Waals surface area contributed by atoms with E-state index in [4.69, 9.17) is 0 Å². The molecule has 0 bridgehead atoms. The minimum Gasteiger partial charge on any atom is -0.340 e. The Hall–Kier alpha value is -1.69. The van der Waals surface area contributed by atoms with Gasteiger partial charge in [-0.05, 0) is 35.8 Å². The average molecular weight is 326 g/mol. The second-order valence-corrected chi connectivity index (χ2v) is 5.31. The molecule has 0 atom stereocenters. The molecule has 0 aromatic carbocycles. The van der Waals surface area contributed by atoms with Gasteiger partial charge in [0.15, 0.2) is 0 Å². The number of pyridine rings is 1. The highest BCUT2D eigenvalue weighted by atomic mass is 79.9. The van der Waals surface area contributed by atoms with Crippen LogP contribution >= 0.6 is 15.9 Å². The number of halogens is 2. The van der Waals surface area contributed by atoms with Crippen molar-refractivity contribution in [3.63, 3.8) is 0 Å². The van der Waals surface area contributed by atoms with E-state index in [0.29, 0.717) is 11.4 Å². The molecule has 0 saturated carbocycles. The van der Waals surface area contributed by atoms with Gasteiger partial charge in [0.25, 0.3) is 5.91 Å². The Labute approximate surface area is 118 Å². The smallest absolute Gasteiger partial charge is 0.272 e. The topological polar surface area (TPSA) is 46.9 Å². The van der Waals surface area contributed by atoms with Crippen molar-refractivity contribution in [2.45, 2.75) is 19.9 Å². The molecule has 2 heterocycles. The summed E-state index contributed by atoms with van der Waals surface area (Å²) in [6.07, 6.45) is 4.32. The lowest BCUT2D eigenvalue weighted by molar-refractivity contribution is 0.101. The molecular formula is C13H13BrFN3O. The summed E-state index contributed by atoms with van der Waals surface area (Å²) in [7, 11) is 0. The monoisotopic (exact) mass is 325 g/mol. The molecule has 6 heteroatoms. The fourth-order valence-electron chi connectivity index (χ4n) is 1.73. The van der Waals surface area contributed by atoms with Crippen LogP contribution in [0, 0.1) is 5.82 Å². The first-order valence-corrected chi connectivity index (χ1v) is 6.56. The van der Waals surface area contributed by atoms with Gasteiger partial charge in [0.1, 0.15) is 11.5 Å². The Morgan fingerprint density at radius 2 is 2.16 bits per heavy atom. The molecule has 1 amide bonds. The number of nitrogens with one attached hydrogen (secondary N) is 1. The molecule has 4 nitrogen and oxygen atoms in total. The van der Waals surface area contributed by atoms with Gasteiger partial charge in [-0.1, -0.05) is 0 Å². The maximum absolute atomic E-state index is 13.0. The molecule has 0 radical (unpaired) electrons. The zero-order valence-corrected chi connectivity index (χ0v) is 12.1. The van der Waals surface area contributed by atoms with Crippen LogP contribution in [-0.4, -0.2) is 15.5 Å². The summed E-state index contributed by atoms with van der Waals surface area (Å²) in [5, 5.41) is 2.62. The van der Waals surface area contributed by atoms with Crippen LogP contribution in [0.1, 0.15) is 30.4 Å². The second-order valence-electron chi connectivity index (χ2n) is 4.39. The summed E-state index contributed by atoms with van der Waals surface area (Å²) in [6.45, 7) is 3.96. The molecule has 0 saturated heterocycles. The third-order valence-electron chi connectivity index (χ3n) is 2.57. The summed E-state index contributed by atoms with van der Waals surface area (Å²) in [6, 6.07) is 3.10. The number of amides is 1. The molecule has 2 aromatic rings. The molecule has 2 aromatic heterocycles. The van der Waals surface area contributed by atoms with Crippen LogP contribution in [-0.2, 0) is 0 Å². The van der Waals surface area contributed by atoms with Crippen LogP contribution < -0.4 is 5.32 Å². The number of rotatable bonds is 3. The third-order valence-corrected chi connectivity index (χ3v) is 3.00. The quantitative estimate of drug-likeness (QED) is 0.936. The first-order chi connectivity index (χ1) is 8.97. The van der Waals surface area contributed by atoms with E-state index >= 15 is 0 Å². The highest BCUT2D eigenvalue weighted by Crippen LogP contribution is 2.20. The van der Waals surface area contributed by atoms with Crippen LogP contribution in [0.5, 0.6) is 0 Å². The number of aromatic nitrogens is 2. The lowest BCUT2D eigenvalue weighted by Gasteiger charge is -2.12. The van der Waals surface area contributed by atoms with Gasteiger partial charge in [0, 0.05) is 22.8 Å². The number of anilines is 1. The Morgan fingerprint density at radius 1 is 1.42 bits per heavy atom. The normalized spacial score (nSPS) is 10.8. The van der Waals surface area contributed by atoms with Crippen molar-refractivity contribution in [3.8, 4) is 0 Å². The maximum Gasteiger partial charge on any atom is 0.272 e. The van der Waals surface area contributed by atoms with Crippen LogP contribution in [0.4, 0.5) is 10.1 Å². The molecule has 0 aliphatic heterocycles. The van der Waals surface area contributed by atoms with Crippen molar-refractivity contribution in [1.29, 1.82) is 0 Å². The predicted molar refractivity (Wildman–Crippen MR) is 74.7 cm³/mol. The minimum atomic E-state index is -0.488. The zero-order chi connectivity index (χ0) is 14.0. The summed E-state index contributed by atoms with van der Waals surface area (Å²) in [4.78, 5) is 15.8. The molecule has 1 N–H and O–H groups in total. The first-order valence-electron chi connectivity index (χ1n) is 5.76. The predicted octanol–water partition coefficient (Wildman–Crippen LogP) is 3.62. The number of carbonyl (C=O) groups is 1. The van der Waals surface area contributed by atoms with E-state index in [0.717, 1.165) is 10.7 Å². The largest absolute Gasteiger partial charge is 0.340 e. The van der Waals surface area contributed by atoms with Crippen LogP contribution in [0.25, 0.3) is 0 Å². The lowest BCUT2D eigenvalue weighted by atomic mass is 10.3. The standard InChI is InChI=1S/C13H13BrFN3O/c1-8(2)18-7-9(14)3-12(18)13(19)17-11-4-10(15)5-16-6-11/h3-8H,1-2H3,(H,17,19). The van der Waals surface area contributed by atoms with Crippen LogP contribution in [0.2, 0.25) is 0 Å². The van der Waals surface area contributed by atoms with Crippen LogP contribution in [0.3, 0.4) is 0 Å². The van der Waals surface area contributed by atoms with Crippen molar-refractivity contribution in [2.24, 2.45) is 0 Å². The SMILES string of the molecule is CC(C)n1cc(Br)cc1C(=O)Nc1cncc(F)c1. The zero-order valence-electron chi connectivity index (χ0n) is 10.5. The Kier molecular flexibility index (Phi) is 3.99. The molecular weight excluding hydrogens is 313 g/mol. The lowest BCUT2D eigenvalue weighted by Crippen LogP contribution is -2.17. The molecule has 0 aliphatic rings. The summed E-state index contributed by atoms with van der Waals surface area (Å²) >= 11 is 3.34. The fourth-order valence-corrected chi connectivity index (χ4v) is 2.17. The van der Waals surface area contributed by atoms with E-state index in [1.807, 2.05) is 24.6 Å². The van der Waals surface area contributed by atoms with Gasteiger partial charge in [-0.25, -0.2) is 4.39 Å². The van der Waals surface area contributed by atoms with Gasteiger partial charge in [0.2, 0.25) is 0 Å². The second kappa shape index (κ2) is 5.52. The Bertz CT molecular complexity index is 610. The first kappa shape index (κ1) is 13.7. The van der Waals surface area contributed by atoms with Crippen molar-refractivity contribution in [2.75, 3.05) is 5.32 Å². The third kappa shape index (κ3) is 3.20. The van der Waals surface area contributed by atoms with Gasteiger partial charge >= 0.3 is 0 Å². The maximum atomic E-state index is 13.0. The number of hydrogen-bond acceptors (Lipinski definition) is 2. The van der Waals surface area contributed by atoms with E-state index in [2.05, 4.69) is 26.2 Å². The molecule has 19 heavy (non-hydrogen) atoms. The highest BCUT2D eigenvalue weighted by Gasteiger charge is 2.15. The average Bonchev–Trinajstić information content (AvgIpc) is 2.71. The van der Waals surface area contributed by atoms with Gasteiger partial charge in [-0.3, -0.25) is 9.78 Å². The Morgan fingerprint density at radius 3 is 2.79 bits per heavy atom. The van der Waals surface area contributed by atoms with Gasteiger partial charge < -0.3 is 9.88 Å². The van der Waals surface area contributed by atoms with Crippen molar-refractivity contribution in [3.05, 3.63) is 46.7 Å². The van der Waals surface area contributed by atoms with E-state index in [9.17, 15) is 9.18 Å².